The molecule has 3 rings (SSSR count). The van der Waals surface area contributed by atoms with Crippen LogP contribution in [0.3, 0.4) is 0 Å². The number of nitrogens with two attached hydrogens (primary N) is 1. The van der Waals surface area contributed by atoms with E-state index >= 15 is 0 Å². The molecule has 0 saturated heterocycles. The van der Waals surface area contributed by atoms with Crippen molar-refractivity contribution in [2.24, 2.45) is 5.14 Å². The number of para-hydroxylation sites is 1. The molecule has 0 radical (unpaired) electrons. The van der Waals surface area contributed by atoms with Crippen molar-refractivity contribution < 1.29 is 17.9 Å². The number of anilines is 1. The average Bonchev–Trinajstić information content (AvgIpc) is 3.10. The van der Waals surface area contributed by atoms with Gasteiger partial charge < -0.3 is 9.64 Å². The van der Waals surface area contributed by atoms with Crippen molar-refractivity contribution in [1.29, 1.82) is 0 Å². The van der Waals surface area contributed by atoms with Gasteiger partial charge in [-0.2, -0.15) is 0 Å². The minimum absolute atomic E-state index is 0.00747. The Hall–Kier alpha value is -2.42. The summed E-state index contributed by atoms with van der Waals surface area (Å²) in [5.74, 6) is 0.752. The molecule has 0 aliphatic carbocycles. The Labute approximate surface area is 165 Å². The van der Waals surface area contributed by atoms with Crippen LogP contribution in [0.2, 0.25) is 0 Å². The van der Waals surface area contributed by atoms with Crippen LogP contribution >= 0.6 is 0 Å². The molecule has 8 heteroatoms. The van der Waals surface area contributed by atoms with Crippen LogP contribution < -0.4 is 14.8 Å². The number of hydrogen-bond donors (Lipinski definition) is 1. The number of rotatable bonds is 6. The third kappa shape index (κ3) is 4.04. The number of primary sulfonamides is 1. The maximum atomic E-state index is 12.9. The van der Waals surface area contributed by atoms with Crippen LogP contribution in [0.4, 0.5) is 5.69 Å². The molecule has 0 fully saturated rings. The predicted octanol–water partition coefficient (Wildman–Crippen LogP) is 1.92. The van der Waals surface area contributed by atoms with Crippen LogP contribution in [0.5, 0.6) is 5.75 Å². The Kier molecular flexibility index (Phi) is 5.74. The second kappa shape index (κ2) is 7.90. The lowest BCUT2D eigenvalue weighted by Gasteiger charge is -2.28. The van der Waals surface area contributed by atoms with Gasteiger partial charge in [0, 0.05) is 23.8 Å². The lowest BCUT2D eigenvalue weighted by atomic mass is 10.1. The van der Waals surface area contributed by atoms with E-state index < -0.39 is 10.0 Å². The largest absolute Gasteiger partial charge is 0.496 e. The number of benzene rings is 2. The second-order valence-electron chi connectivity index (χ2n) is 6.96. The minimum atomic E-state index is -3.75. The van der Waals surface area contributed by atoms with Gasteiger partial charge in [0.25, 0.3) is 0 Å². The van der Waals surface area contributed by atoms with E-state index in [4.69, 9.17) is 9.88 Å². The van der Waals surface area contributed by atoms with Gasteiger partial charge in [-0.3, -0.25) is 9.69 Å². The summed E-state index contributed by atoms with van der Waals surface area (Å²) in [4.78, 5) is 16.6. The number of carbonyl (C=O) groups is 1. The number of methoxy groups -OCH3 is 1. The zero-order valence-electron chi connectivity index (χ0n) is 16.3. The monoisotopic (exact) mass is 403 g/mol. The van der Waals surface area contributed by atoms with Crippen LogP contribution in [0.25, 0.3) is 0 Å². The van der Waals surface area contributed by atoms with E-state index in [0.29, 0.717) is 13.0 Å². The van der Waals surface area contributed by atoms with Crippen LogP contribution in [0.15, 0.2) is 47.4 Å². The molecule has 0 spiro atoms. The summed E-state index contributed by atoms with van der Waals surface area (Å²) >= 11 is 0. The van der Waals surface area contributed by atoms with E-state index in [0.717, 1.165) is 22.6 Å². The minimum Gasteiger partial charge on any atom is -0.496 e. The number of likely N-dealkylation sites (N-methyl/N-ethyl adjacent to an activating group) is 1. The molecule has 0 aromatic heterocycles. The summed E-state index contributed by atoms with van der Waals surface area (Å²) < 4.78 is 28.5. The van der Waals surface area contributed by atoms with E-state index in [1.165, 1.54) is 6.07 Å². The molecule has 1 aliphatic heterocycles. The van der Waals surface area contributed by atoms with E-state index in [-0.39, 0.29) is 23.4 Å². The van der Waals surface area contributed by atoms with Gasteiger partial charge in [0.05, 0.1) is 18.6 Å². The van der Waals surface area contributed by atoms with Gasteiger partial charge >= 0.3 is 0 Å². The summed E-state index contributed by atoms with van der Waals surface area (Å²) in [6.07, 6.45) is 0.607. The quantitative estimate of drug-likeness (QED) is 0.795. The Bertz CT molecular complexity index is 991. The molecular formula is C20H25N3O4S. The van der Waals surface area contributed by atoms with Crippen molar-refractivity contribution >= 4 is 21.6 Å². The third-order valence-electron chi connectivity index (χ3n) is 5.21. The van der Waals surface area contributed by atoms with E-state index in [1.54, 1.807) is 24.1 Å². The van der Waals surface area contributed by atoms with Crippen molar-refractivity contribution in [3.8, 4) is 5.75 Å². The molecular weight excluding hydrogens is 378 g/mol. The van der Waals surface area contributed by atoms with Gasteiger partial charge in [0.15, 0.2) is 0 Å². The molecule has 1 amide bonds. The Morgan fingerprint density at radius 1 is 1.29 bits per heavy atom. The third-order valence-corrected chi connectivity index (χ3v) is 6.12. The fourth-order valence-electron chi connectivity index (χ4n) is 3.50. The molecule has 7 nitrogen and oxygen atoms in total. The number of ether oxygens (including phenoxy) is 1. The summed E-state index contributed by atoms with van der Waals surface area (Å²) in [6, 6.07) is 12.4. The smallest absolute Gasteiger partial charge is 0.241 e. The van der Waals surface area contributed by atoms with Gasteiger partial charge in [-0.25, -0.2) is 13.6 Å². The molecule has 0 bridgehead atoms. The molecule has 2 aromatic carbocycles. The maximum Gasteiger partial charge on any atom is 0.241 e. The highest BCUT2D eigenvalue weighted by Crippen LogP contribution is 2.31. The van der Waals surface area contributed by atoms with Crippen molar-refractivity contribution in [2.45, 2.75) is 24.3 Å². The van der Waals surface area contributed by atoms with Crippen LogP contribution in [0.1, 0.15) is 24.1 Å². The highest BCUT2D eigenvalue weighted by molar-refractivity contribution is 7.89. The fourth-order valence-corrected chi connectivity index (χ4v) is 4.06. The lowest BCUT2D eigenvalue weighted by Crippen LogP contribution is -2.39. The number of sulfonamides is 1. The first-order valence-electron chi connectivity index (χ1n) is 9.01. The normalized spacial score (nSPS) is 14.8. The molecule has 1 heterocycles. The first-order valence-corrected chi connectivity index (χ1v) is 10.6. The maximum absolute atomic E-state index is 12.9. The Morgan fingerprint density at radius 3 is 2.68 bits per heavy atom. The van der Waals surface area contributed by atoms with Gasteiger partial charge in [-0.15, -0.1) is 0 Å². The van der Waals surface area contributed by atoms with Crippen LogP contribution in [0, 0.1) is 0 Å². The number of hydrogen-bond acceptors (Lipinski definition) is 5. The standard InChI is InChI=1S/C20H25N3O4S/c1-14(17-6-4-5-7-19(17)27-3)22(2)13-20(24)23-11-10-15-12-16(28(21,25)26)8-9-18(15)23/h4-9,12,14H,10-11,13H2,1-3H3,(H2,21,25,26). The summed E-state index contributed by atoms with van der Waals surface area (Å²) in [5.41, 5.74) is 2.58. The lowest BCUT2D eigenvalue weighted by molar-refractivity contribution is -0.119. The molecule has 150 valence electrons. The topological polar surface area (TPSA) is 92.9 Å². The van der Waals surface area contributed by atoms with Crippen molar-refractivity contribution in [3.63, 3.8) is 0 Å². The predicted molar refractivity (Wildman–Crippen MR) is 108 cm³/mol. The summed E-state index contributed by atoms with van der Waals surface area (Å²) in [6.45, 7) is 2.79. The van der Waals surface area contributed by atoms with Crippen molar-refractivity contribution in [1.82, 2.24) is 4.90 Å². The SMILES string of the molecule is COc1ccccc1C(C)N(C)CC(=O)N1CCc2cc(S(N)(=O)=O)ccc21. The summed E-state index contributed by atoms with van der Waals surface area (Å²) in [5, 5.41) is 5.20. The highest BCUT2D eigenvalue weighted by atomic mass is 32.2. The van der Waals surface area contributed by atoms with Crippen LogP contribution in [-0.2, 0) is 21.2 Å². The molecule has 2 aromatic rings. The first kappa shape index (κ1) is 20.3. The van der Waals surface area contributed by atoms with Crippen molar-refractivity contribution in [3.05, 3.63) is 53.6 Å². The van der Waals surface area contributed by atoms with E-state index in [9.17, 15) is 13.2 Å². The fraction of sp³-hybridized carbons (Fsp3) is 0.350. The van der Waals surface area contributed by atoms with Crippen LogP contribution in [-0.4, -0.2) is 46.5 Å². The molecule has 28 heavy (non-hydrogen) atoms. The second-order valence-corrected chi connectivity index (χ2v) is 8.53. The number of carbonyl (C=O) groups excluding carboxylic acids is 1. The molecule has 1 aliphatic rings. The molecule has 1 unspecified atom stereocenters. The van der Waals surface area contributed by atoms with E-state index in [2.05, 4.69) is 0 Å². The highest BCUT2D eigenvalue weighted by Gasteiger charge is 2.28. The molecule has 0 saturated carbocycles. The average molecular weight is 404 g/mol. The Balaban J connectivity index is 1.74. The van der Waals surface area contributed by atoms with Gasteiger partial charge in [-0.05, 0) is 50.2 Å². The van der Waals surface area contributed by atoms with Crippen molar-refractivity contribution in [2.75, 3.05) is 32.1 Å². The number of nitrogens with zero attached hydrogens (tertiary/aromatic N) is 2. The summed E-state index contributed by atoms with van der Waals surface area (Å²) in [7, 11) is -0.222. The Morgan fingerprint density at radius 2 is 2.00 bits per heavy atom. The number of amides is 1. The molecule has 1 atom stereocenters. The first-order chi connectivity index (χ1) is 13.2. The van der Waals surface area contributed by atoms with Gasteiger partial charge in [0.2, 0.25) is 15.9 Å². The van der Waals surface area contributed by atoms with Gasteiger partial charge in [-0.1, -0.05) is 18.2 Å². The zero-order chi connectivity index (χ0) is 20.5. The van der Waals surface area contributed by atoms with E-state index in [1.807, 2.05) is 43.1 Å². The van der Waals surface area contributed by atoms with Gasteiger partial charge in [0.1, 0.15) is 5.75 Å². The molecule has 2 N–H and O–H groups in total. The number of fused-ring (bicyclic) bond motifs is 1. The zero-order valence-corrected chi connectivity index (χ0v) is 17.1.